The highest BCUT2D eigenvalue weighted by Crippen LogP contribution is 2.39. The van der Waals surface area contributed by atoms with Crippen LogP contribution < -0.4 is 10.5 Å². The molecule has 1 aliphatic heterocycles. The Kier molecular flexibility index (Phi) is 4.36. The van der Waals surface area contributed by atoms with Crippen molar-refractivity contribution in [2.75, 3.05) is 19.1 Å². The summed E-state index contributed by atoms with van der Waals surface area (Å²) in [5, 5.41) is 10.1. The van der Waals surface area contributed by atoms with Crippen LogP contribution in [0.4, 0.5) is 5.69 Å². The number of benzene rings is 1. The molecule has 122 valence electrons. The van der Waals surface area contributed by atoms with Crippen molar-refractivity contribution >= 4 is 5.69 Å². The second-order valence-electron chi connectivity index (χ2n) is 5.66. The molecule has 0 saturated carbocycles. The first-order valence-corrected chi connectivity index (χ1v) is 7.50. The van der Waals surface area contributed by atoms with Crippen LogP contribution in [0, 0.1) is 0 Å². The maximum Gasteiger partial charge on any atom is 0.181 e. The summed E-state index contributed by atoms with van der Waals surface area (Å²) in [4.78, 5) is 4.46. The van der Waals surface area contributed by atoms with Gasteiger partial charge < -0.3 is 25.1 Å². The van der Waals surface area contributed by atoms with E-state index in [1.165, 1.54) is 0 Å². The second kappa shape index (κ2) is 6.44. The first kappa shape index (κ1) is 15.6. The van der Waals surface area contributed by atoms with Gasteiger partial charge in [0, 0.05) is 17.3 Å². The lowest BCUT2D eigenvalue weighted by molar-refractivity contribution is 0.0466. The Labute approximate surface area is 134 Å². The molecule has 1 aromatic heterocycles. The number of nitrogens with two attached hydrogens (primary N) is 1. The zero-order valence-electron chi connectivity index (χ0n) is 13.2. The Balaban J connectivity index is 2.06. The van der Waals surface area contributed by atoms with Crippen LogP contribution >= 0.6 is 0 Å². The van der Waals surface area contributed by atoms with Gasteiger partial charge in [0.1, 0.15) is 12.9 Å². The zero-order chi connectivity index (χ0) is 16.4. The summed E-state index contributed by atoms with van der Waals surface area (Å²) in [5.74, 6) is 0.288. The number of phenols is 1. The average molecular weight is 316 g/mol. The lowest BCUT2D eigenvalue weighted by atomic mass is 10.0. The van der Waals surface area contributed by atoms with E-state index in [2.05, 4.69) is 4.98 Å². The predicted molar refractivity (Wildman–Crippen MR) is 86.2 cm³/mol. The topological polar surface area (TPSA) is 86.8 Å². The number of ether oxygens (including phenoxy) is 3. The van der Waals surface area contributed by atoms with E-state index in [1.807, 2.05) is 26.0 Å². The van der Waals surface area contributed by atoms with E-state index >= 15 is 0 Å². The van der Waals surface area contributed by atoms with Crippen molar-refractivity contribution in [1.29, 1.82) is 0 Å². The number of aromatic hydroxyl groups is 1. The van der Waals surface area contributed by atoms with Crippen molar-refractivity contribution in [1.82, 2.24) is 4.98 Å². The molecule has 1 saturated heterocycles. The van der Waals surface area contributed by atoms with E-state index in [-0.39, 0.29) is 30.4 Å². The number of hydrogen-bond acceptors (Lipinski definition) is 6. The second-order valence-corrected chi connectivity index (χ2v) is 5.66. The largest absolute Gasteiger partial charge is 0.503 e. The predicted octanol–water partition coefficient (Wildman–Crippen LogP) is 2.87. The Morgan fingerprint density at radius 2 is 2.22 bits per heavy atom. The van der Waals surface area contributed by atoms with Crippen LogP contribution in [0.2, 0.25) is 0 Å². The third kappa shape index (κ3) is 3.23. The van der Waals surface area contributed by atoms with E-state index in [1.54, 1.807) is 18.3 Å². The van der Waals surface area contributed by atoms with Gasteiger partial charge in [-0.1, -0.05) is 6.07 Å². The minimum Gasteiger partial charge on any atom is -0.503 e. The van der Waals surface area contributed by atoms with Crippen LogP contribution in [0.25, 0.3) is 11.3 Å². The van der Waals surface area contributed by atoms with Gasteiger partial charge in [0.15, 0.2) is 11.5 Å². The molecule has 23 heavy (non-hydrogen) atoms. The number of aromatic nitrogens is 1. The number of rotatable bonds is 4. The molecule has 0 bridgehead atoms. The molecule has 0 spiro atoms. The summed E-state index contributed by atoms with van der Waals surface area (Å²) in [6.45, 7) is 4.54. The highest BCUT2D eigenvalue weighted by atomic mass is 16.7. The molecule has 1 fully saturated rings. The molecule has 1 aliphatic rings. The number of nitrogens with zero attached hydrogens (tertiary/aromatic N) is 1. The molecular weight excluding hydrogens is 296 g/mol. The molecule has 6 nitrogen and oxygen atoms in total. The summed E-state index contributed by atoms with van der Waals surface area (Å²) in [7, 11) is 0. The molecule has 2 aromatic rings. The van der Waals surface area contributed by atoms with Crippen LogP contribution in [0.3, 0.4) is 0 Å². The first-order chi connectivity index (χ1) is 11.1. The van der Waals surface area contributed by atoms with Crippen molar-refractivity contribution in [3.05, 3.63) is 36.0 Å². The van der Waals surface area contributed by atoms with Crippen LogP contribution in [-0.2, 0) is 9.47 Å². The fraction of sp³-hybridized carbons (Fsp3) is 0.353. The average Bonchev–Trinajstić information content (AvgIpc) is 3.05. The Morgan fingerprint density at radius 1 is 1.39 bits per heavy atom. The molecule has 0 radical (unpaired) electrons. The van der Waals surface area contributed by atoms with Crippen molar-refractivity contribution in [3.63, 3.8) is 0 Å². The fourth-order valence-corrected chi connectivity index (χ4v) is 2.54. The van der Waals surface area contributed by atoms with Crippen LogP contribution in [-0.4, -0.2) is 29.6 Å². The molecule has 2 heterocycles. The first-order valence-electron chi connectivity index (χ1n) is 7.50. The van der Waals surface area contributed by atoms with E-state index in [0.717, 1.165) is 16.8 Å². The van der Waals surface area contributed by atoms with Gasteiger partial charge in [-0.3, -0.25) is 4.98 Å². The molecule has 1 aromatic carbocycles. The van der Waals surface area contributed by atoms with Gasteiger partial charge in [-0.15, -0.1) is 0 Å². The van der Waals surface area contributed by atoms with Crippen LogP contribution in [0.5, 0.6) is 11.5 Å². The molecule has 6 heteroatoms. The van der Waals surface area contributed by atoms with Crippen molar-refractivity contribution < 1.29 is 19.3 Å². The van der Waals surface area contributed by atoms with Crippen LogP contribution in [0.1, 0.15) is 25.5 Å². The summed E-state index contributed by atoms with van der Waals surface area (Å²) in [5.41, 5.74) is 8.60. The highest BCUT2D eigenvalue weighted by Gasteiger charge is 2.23. The Hall–Kier alpha value is -2.31. The van der Waals surface area contributed by atoms with Gasteiger partial charge in [0.2, 0.25) is 0 Å². The fourth-order valence-electron chi connectivity index (χ4n) is 2.54. The molecule has 3 rings (SSSR count). The Morgan fingerprint density at radius 3 is 2.91 bits per heavy atom. The van der Waals surface area contributed by atoms with Crippen molar-refractivity contribution in [2.24, 2.45) is 0 Å². The van der Waals surface area contributed by atoms with E-state index in [9.17, 15) is 5.11 Å². The monoisotopic (exact) mass is 316 g/mol. The molecule has 3 N–H and O–H groups in total. The SMILES string of the molecule is CC(C)Oc1cc(-c2ncccc2C2COCO2)cc(N)c1O. The summed E-state index contributed by atoms with van der Waals surface area (Å²) in [6.07, 6.45) is 1.47. The molecule has 0 aliphatic carbocycles. The summed E-state index contributed by atoms with van der Waals surface area (Å²) < 4.78 is 16.5. The minimum atomic E-state index is -0.164. The summed E-state index contributed by atoms with van der Waals surface area (Å²) in [6, 6.07) is 7.24. The Bertz CT molecular complexity index is 697. The standard InChI is InChI=1S/C17H20N2O4/c1-10(2)23-14-7-11(6-13(18)17(14)20)16-12(4-3-5-19-16)15-8-21-9-22-15/h3-7,10,15,20H,8-9,18H2,1-2H3. The number of nitrogen functional groups attached to an aromatic ring is 1. The van der Waals surface area contributed by atoms with Crippen molar-refractivity contribution in [3.8, 4) is 22.8 Å². The van der Waals surface area contributed by atoms with Gasteiger partial charge in [0.25, 0.3) is 0 Å². The lowest BCUT2D eigenvalue weighted by Gasteiger charge is -2.17. The third-order valence-electron chi connectivity index (χ3n) is 3.55. The van der Waals surface area contributed by atoms with Gasteiger partial charge in [-0.2, -0.15) is 0 Å². The molecular formula is C17H20N2O4. The minimum absolute atomic E-state index is 0.0552. The van der Waals surface area contributed by atoms with E-state index in [0.29, 0.717) is 12.4 Å². The zero-order valence-corrected chi connectivity index (χ0v) is 13.2. The van der Waals surface area contributed by atoms with Gasteiger partial charge in [-0.05, 0) is 32.0 Å². The van der Waals surface area contributed by atoms with Crippen LogP contribution in [0.15, 0.2) is 30.5 Å². The lowest BCUT2D eigenvalue weighted by Crippen LogP contribution is -2.07. The molecule has 1 atom stereocenters. The number of anilines is 1. The van der Waals surface area contributed by atoms with Gasteiger partial charge in [-0.25, -0.2) is 0 Å². The number of pyridine rings is 1. The quantitative estimate of drug-likeness (QED) is 0.666. The highest BCUT2D eigenvalue weighted by molar-refractivity contribution is 5.74. The van der Waals surface area contributed by atoms with Crippen molar-refractivity contribution in [2.45, 2.75) is 26.1 Å². The normalized spacial score (nSPS) is 17.6. The van der Waals surface area contributed by atoms with E-state index in [4.69, 9.17) is 19.9 Å². The molecule has 1 unspecified atom stereocenters. The summed E-state index contributed by atoms with van der Waals surface area (Å²) >= 11 is 0. The smallest absolute Gasteiger partial charge is 0.181 e. The van der Waals surface area contributed by atoms with Gasteiger partial charge in [0.05, 0.1) is 24.1 Å². The maximum absolute atomic E-state index is 10.1. The number of hydrogen-bond donors (Lipinski definition) is 2. The molecule has 0 amide bonds. The number of phenolic OH excluding ortho intramolecular Hbond substituents is 1. The van der Waals surface area contributed by atoms with Gasteiger partial charge >= 0.3 is 0 Å². The third-order valence-corrected chi connectivity index (χ3v) is 3.55. The van der Waals surface area contributed by atoms with E-state index < -0.39 is 0 Å². The maximum atomic E-state index is 10.1.